The van der Waals surface area contributed by atoms with Crippen molar-refractivity contribution in [2.45, 2.75) is 40.7 Å². The van der Waals surface area contributed by atoms with E-state index in [1.165, 1.54) is 18.0 Å². The largest absolute Gasteiger partial charge is 0.442 e. The summed E-state index contributed by atoms with van der Waals surface area (Å²) in [7, 11) is 1.63. The van der Waals surface area contributed by atoms with Crippen molar-refractivity contribution in [2.24, 2.45) is 5.10 Å². The Labute approximate surface area is 172 Å². The Balaban J connectivity index is 0.00000204. The van der Waals surface area contributed by atoms with Gasteiger partial charge >= 0.3 is 6.09 Å². The van der Waals surface area contributed by atoms with Gasteiger partial charge in [-0.2, -0.15) is 5.10 Å². The molecule has 1 unspecified atom stereocenters. The topological polar surface area (TPSA) is 100 Å². The molecule has 29 heavy (non-hydrogen) atoms. The summed E-state index contributed by atoms with van der Waals surface area (Å²) in [6.07, 6.45) is 0.481. The minimum Gasteiger partial charge on any atom is -0.442 e. The normalized spacial score (nSPS) is 15.4. The quantitative estimate of drug-likeness (QED) is 0.316. The zero-order chi connectivity index (χ0) is 22.1. The third-order valence-corrected chi connectivity index (χ3v) is 4.15. The average Bonchev–Trinajstić information content (AvgIpc) is 3.06. The van der Waals surface area contributed by atoms with Gasteiger partial charge in [-0.3, -0.25) is 14.5 Å². The van der Waals surface area contributed by atoms with Crippen LogP contribution in [0.1, 0.15) is 42.3 Å². The van der Waals surface area contributed by atoms with E-state index in [9.17, 15) is 14.4 Å². The molecule has 8 nitrogen and oxygen atoms in total. The Morgan fingerprint density at radius 3 is 2.41 bits per heavy atom. The number of hydrazone groups is 1. The van der Waals surface area contributed by atoms with Crippen molar-refractivity contribution < 1.29 is 19.1 Å². The number of cyclic esters (lactones) is 1. The Morgan fingerprint density at radius 2 is 1.90 bits per heavy atom. The molecule has 2 N–H and O–H groups in total. The summed E-state index contributed by atoms with van der Waals surface area (Å²) in [5.41, 5.74) is 5.48. The molecule has 2 amide bonds. The van der Waals surface area contributed by atoms with Gasteiger partial charge in [-0.15, -0.1) is 0 Å². The lowest BCUT2D eigenvalue weighted by Crippen LogP contribution is -2.33. The molecule has 1 aliphatic heterocycles. The minimum atomic E-state index is -0.478. The molecule has 1 fully saturated rings. The second-order valence-electron chi connectivity index (χ2n) is 6.34. The van der Waals surface area contributed by atoms with Crippen LogP contribution in [0.2, 0.25) is 0 Å². The van der Waals surface area contributed by atoms with E-state index in [-0.39, 0.29) is 23.8 Å². The predicted octanol–water partition coefficient (Wildman–Crippen LogP) is 2.74. The van der Waals surface area contributed by atoms with E-state index in [2.05, 4.69) is 22.4 Å². The molecule has 1 saturated heterocycles. The maximum atomic E-state index is 12.6. The Bertz CT molecular complexity index is 794. The van der Waals surface area contributed by atoms with E-state index < -0.39 is 12.2 Å². The third kappa shape index (κ3) is 6.17. The number of ketones is 1. The first-order valence-corrected chi connectivity index (χ1v) is 9.51. The number of carbonyl (C=O) groups excluding carboxylic acids is 3. The molecule has 2 rings (SSSR count). The molecule has 0 aliphatic carbocycles. The zero-order valence-corrected chi connectivity index (χ0v) is 18.0. The molecule has 1 aromatic carbocycles. The van der Waals surface area contributed by atoms with Crippen molar-refractivity contribution in [1.29, 1.82) is 0 Å². The minimum absolute atomic E-state index is 0.180. The molecule has 1 aliphatic rings. The van der Waals surface area contributed by atoms with Gasteiger partial charge in [-0.1, -0.05) is 20.4 Å². The SMILES string of the molecule is C=C(/C=N/NC)C(=O)c1c(C)cc(N2CC(CNC(C)=O)OC2=O)cc1C.CC. The summed E-state index contributed by atoms with van der Waals surface area (Å²) in [4.78, 5) is 37.3. The third-order valence-electron chi connectivity index (χ3n) is 4.15. The van der Waals surface area contributed by atoms with Crippen LogP contribution < -0.4 is 15.6 Å². The van der Waals surface area contributed by atoms with Crippen molar-refractivity contribution in [2.75, 3.05) is 25.0 Å². The number of Topliss-reactive ketones (excluding diaryl/α,β-unsaturated/α-hetero) is 1. The van der Waals surface area contributed by atoms with E-state index in [1.807, 2.05) is 27.7 Å². The summed E-state index contributed by atoms with van der Waals surface area (Å²) in [5, 5.41) is 6.45. The number of benzene rings is 1. The standard InChI is InChI=1S/C19H24N4O4.C2H6/c1-11-6-15(23-10-16(27-19(23)26)9-21-14(4)24)7-12(2)17(11)18(25)13(3)8-22-20-5;1-2/h6-8,16,20H,3,9-10H2,1-2,4-5H3,(H,21,24);1-2H3/b22-8+;. The van der Waals surface area contributed by atoms with Crippen molar-refractivity contribution >= 4 is 29.7 Å². The number of nitrogens with zero attached hydrogens (tertiary/aromatic N) is 2. The van der Waals surface area contributed by atoms with Gasteiger partial charge in [0.1, 0.15) is 6.10 Å². The summed E-state index contributed by atoms with van der Waals surface area (Å²) in [5.74, 6) is -0.399. The van der Waals surface area contributed by atoms with Crippen molar-refractivity contribution in [3.8, 4) is 0 Å². The number of anilines is 1. The predicted molar refractivity (Wildman–Crippen MR) is 115 cm³/mol. The number of hydrogen-bond acceptors (Lipinski definition) is 6. The number of rotatable bonds is 7. The number of allylic oxidation sites excluding steroid dienone is 1. The first-order valence-electron chi connectivity index (χ1n) is 9.51. The first-order chi connectivity index (χ1) is 13.7. The van der Waals surface area contributed by atoms with Crippen LogP contribution >= 0.6 is 0 Å². The van der Waals surface area contributed by atoms with Gasteiger partial charge in [0.05, 0.1) is 19.3 Å². The monoisotopic (exact) mass is 402 g/mol. The highest BCUT2D eigenvalue weighted by Gasteiger charge is 2.33. The van der Waals surface area contributed by atoms with Gasteiger partial charge in [0.25, 0.3) is 0 Å². The first kappa shape index (κ1) is 23.9. The maximum absolute atomic E-state index is 12.6. The van der Waals surface area contributed by atoms with Gasteiger partial charge in [0.2, 0.25) is 5.91 Å². The van der Waals surface area contributed by atoms with Gasteiger partial charge < -0.3 is 15.5 Å². The number of carbonyl (C=O) groups is 3. The van der Waals surface area contributed by atoms with Crippen molar-refractivity contribution in [1.82, 2.24) is 10.7 Å². The van der Waals surface area contributed by atoms with Gasteiger partial charge in [0.15, 0.2) is 5.78 Å². The van der Waals surface area contributed by atoms with Crippen LogP contribution in [0.25, 0.3) is 0 Å². The molecule has 0 saturated carbocycles. The zero-order valence-electron chi connectivity index (χ0n) is 18.0. The Kier molecular flexibility index (Phi) is 9.05. The second-order valence-corrected chi connectivity index (χ2v) is 6.34. The van der Waals surface area contributed by atoms with E-state index in [0.29, 0.717) is 17.8 Å². The van der Waals surface area contributed by atoms with Crippen LogP contribution in [-0.4, -0.2) is 50.2 Å². The number of amides is 2. The van der Waals surface area contributed by atoms with Crippen LogP contribution in [0.4, 0.5) is 10.5 Å². The molecule has 158 valence electrons. The molecular formula is C21H30N4O4. The molecule has 0 aromatic heterocycles. The number of ether oxygens (including phenoxy) is 1. The summed E-state index contributed by atoms with van der Waals surface area (Å²) < 4.78 is 5.29. The highest BCUT2D eigenvalue weighted by molar-refractivity contribution is 6.22. The maximum Gasteiger partial charge on any atom is 0.414 e. The molecule has 0 radical (unpaired) electrons. The number of hydrogen-bond donors (Lipinski definition) is 2. The van der Waals surface area contributed by atoms with E-state index in [1.54, 1.807) is 19.2 Å². The average molecular weight is 402 g/mol. The van der Waals surface area contributed by atoms with E-state index in [0.717, 1.165) is 11.1 Å². The lowest BCUT2D eigenvalue weighted by atomic mass is 9.94. The lowest BCUT2D eigenvalue weighted by molar-refractivity contribution is -0.119. The van der Waals surface area contributed by atoms with Crippen LogP contribution in [0, 0.1) is 13.8 Å². The number of aryl methyl sites for hydroxylation is 2. The van der Waals surface area contributed by atoms with Crippen LogP contribution in [-0.2, 0) is 9.53 Å². The number of nitrogens with one attached hydrogen (secondary N) is 2. The molecular weight excluding hydrogens is 372 g/mol. The fourth-order valence-corrected chi connectivity index (χ4v) is 2.91. The smallest absolute Gasteiger partial charge is 0.414 e. The molecule has 1 heterocycles. The lowest BCUT2D eigenvalue weighted by Gasteiger charge is -2.17. The summed E-state index contributed by atoms with van der Waals surface area (Å²) >= 11 is 0. The van der Waals surface area contributed by atoms with Crippen LogP contribution in [0.5, 0.6) is 0 Å². The van der Waals surface area contributed by atoms with Gasteiger partial charge in [0, 0.05) is 30.8 Å². The molecule has 8 heteroatoms. The van der Waals surface area contributed by atoms with Crippen LogP contribution in [0.15, 0.2) is 29.4 Å². The van der Waals surface area contributed by atoms with E-state index >= 15 is 0 Å². The summed E-state index contributed by atoms with van der Waals surface area (Å²) in [6.45, 7) is 13.4. The molecule has 0 bridgehead atoms. The fraction of sp³-hybridized carbons (Fsp3) is 0.429. The van der Waals surface area contributed by atoms with Crippen LogP contribution in [0.3, 0.4) is 0 Å². The Morgan fingerprint density at radius 1 is 1.31 bits per heavy atom. The fourth-order valence-electron chi connectivity index (χ4n) is 2.91. The van der Waals surface area contributed by atoms with Crippen molar-refractivity contribution in [3.63, 3.8) is 0 Å². The second kappa shape index (κ2) is 11.0. The Hall–Kier alpha value is -3.16. The van der Waals surface area contributed by atoms with E-state index in [4.69, 9.17) is 4.74 Å². The van der Waals surface area contributed by atoms with Gasteiger partial charge in [-0.05, 0) is 37.1 Å². The van der Waals surface area contributed by atoms with Gasteiger partial charge in [-0.25, -0.2) is 4.79 Å². The highest BCUT2D eigenvalue weighted by Crippen LogP contribution is 2.28. The highest BCUT2D eigenvalue weighted by atomic mass is 16.6. The molecule has 1 aromatic rings. The molecule has 1 atom stereocenters. The molecule has 0 spiro atoms. The summed E-state index contributed by atoms with van der Waals surface area (Å²) in [6, 6.07) is 3.54. The van der Waals surface area contributed by atoms with Crippen molar-refractivity contribution in [3.05, 3.63) is 41.0 Å².